The molecule has 1 heterocycles. The van der Waals surface area contributed by atoms with Crippen LogP contribution in [0.1, 0.15) is 53.5 Å². The third kappa shape index (κ3) is 4.43. The first-order valence-electron chi connectivity index (χ1n) is 8.92. The summed E-state index contributed by atoms with van der Waals surface area (Å²) >= 11 is 1.32. The van der Waals surface area contributed by atoms with E-state index in [1.165, 1.54) is 11.3 Å². The number of hydrogen-bond acceptors (Lipinski definition) is 4. The van der Waals surface area contributed by atoms with Crippen molar-refractivity contribution in [2.45, 2.75) is 39.7 Å². The lowest BCUT2D eigenvalue weighted by Gasteiger charge is -2.14. The Morgan fingerprint density at radius 1 is 1.27 bits per heavy atom. The van der Waals surface area contributed by atoms with E-state index in [0.717, 1.165) is 34.7 Å². The molecule has 0 spiro atoms. The molecule has 1 aliphatic rings. The molecule has 5 nitrogen and oxygen atoms in total. The van der Waals surface area contributed by atoms with Gasteiger partial charge in [0.25, 0.3) is 5.91 Å². The number of carbonyl (C=O) groups excluding carboxylic acids is 2. The molecule has 0 bridgehead atoms. The van der Waals surface area contributed by atoms with Gasteiger partial charge in [-0.05, 0) is 62.9 Å². The molecule has 0 saturated heterocycles. The number of thiophene rings is 1. The van der Waals surface area contributed by atoms with Gasteiger partial charge in [-0.3, -0.25) is 9.59 Å². The van der Waals surface area contributed by atoms with Crippen LogP contribution >= 0.6 is 11.3 Å². The van der Waals surface area contributed by atoms with E-state index < -0.39 is 0 Å². The Labute approximate surface area is 157 Å². The molecule has 0 unspecified atom stereocenters. The molecule has 0 radical (unpaired) electrons. The van der Waals surface area contributed by atoms with Gasteiger partial charge in [0.1, 0.15) is 5.75 Å². The van der Waals surface area contributed by atoms with Crippen molar-refractivity contribution < 1.29 is 14.3 Å². The predicted octanol–water partition coefficient (Wildman–Crippen LogP) is 4.29. The molecule has 1 aromatic carbocycles. The molecule has 2 N–H and O–H groups in total. The zero-order valence-electron chi connectivity index (χ0n) is 15.3. The van der Waals surface area contributed by atoms with Gasteiger partial charge in [0.05, 0.1) is 22.5 Å². The number of benzene rings is 1. The lowest BCUT2D eigenvalue weighted by molar-refractivity contribution is -0.117. The van der Waals surface area contributed by atoms with Crippen molar-refractivity contribution in [3.05, 3.63) is 46.3 Å². The van der Waals surface area contributed by atoms with Gasteiger partial charge in [0, 0.05) is 5.92 Å². The normalized spacial score (nSPS) is 14.6. The maximum absolute atomic E-state index is 12.6. The molecule has 1 fully saturated rings. The van der Waals surface area contributed by atoms with E-state index in [1.54, 1.807) is 0 Å². The fraction of sp³-hybridized carbons (Fsp3) is 0.400. The molecule has 0 aliphatic heterocycles. The number of rotatable bonds is 7. The summed E-state index contributed by atoms with van der Waals surface area (Å²) < 4.78 is 5.44. The summed E-state index contributed by atoms with van der Waals surface area (Å²) in [5.74, 6) is 0.899. The molecule has 2 amide bonds. The third-order valence-corrected chi connectivity index (χ3v) is 5.51. The first-order chi connectivity index (χ1) is 12.5. The van der Waals surface area contributed by atoms with Crippen LogP contribution < -0.4 is 15.4 Å². The molecule has 1 saturated carbocycles. The molecule has 2 aromatic rings. The fourth-order valence-electron chi connectivity index (χ4n) is 2.70. The van der Waals surface area contributed by atoms with Gasteiger partial charge in [-0.25, -0.2) is 0 Å². The Balaban J connectivity index is 1.63. The Morgan fingerprint density at radius 2 is 1.96 bits per heavy atom. The minimum Gasteiger partial charge on any atom is -0.494 e. The third-order valence-electron chi connectivity index (χ3n) is 4.36. The maximum atomic E-state index is 12.6. The van der Waals surface area contributed by atoms with E-state index in [4.69, 9.17) is 4.74 Å². The van der Waals surface area contributed by atoms with E-state index in [2.05, 4.69) is 10.6 Å². The second-order valence-electron chi connectivity index (χ2n) is 6.58. The molecule has 6 heteroatoms. The molecular weight excluding hydrogens is 348 g/mol. The predicted molar refractivity (Wildman–Crippen MR) is 104 cm³/mol. The highest BCUT2D eigenvalue weighted by molar-refractivity contribution is 7.18. The number of ether oxygens (including phenoxy) is 1. The SMILES string of the molecule is CCOc1ccc([C@@H](C)NC(=O)c2sc(NC(=O)C3CC3)cc2C)cc1. The molecule has 26 heavy (non-hydrogen) atoms. The Hall–Kier alpha value is -2.34. The lowest BCUT2D eigenvalue weighted by atomic mass is 10.1. The minimum absolute atomic E-state index is 0.0564. The molecule has 3 rings (SSSR count). The highest BCUT2D eigenvalue weighted by Gasteiger charge is 2.30. The van der Waals surface area contributed by atoms with Crippen molar-refractivity contribution in [3.63, 3.8) is 0 Å². The van der Waals surface area contributed by atoms with Crippen molar-refractivity contribution >= 4 is 28.2 Å². The van der Waals surface area contributed by atoms with E-state index in [1.807, 2.05) is 51.1 Å². The Bertz CT molecular complexity index is 794. The van der Waals surface area contributed by atoms with Gasteiger partial charge >= 0.3 is 0 Å². The molecular formula is C20H24N2O3S. The van der Waals surface area contributed by atoms with Gasteiger partial charge in [0.2, 0.25) is 5.91 Å². The average Bonchev–Trinajstić information content (AvgIpc) is 3.39. The zero-order chi connectivity index (χ0) is 18.7. The quantitative estimate of drug-likeness (QED) is 0.762. The van der Waals surface area contributed by atoms with E-state index >= 15 is 0 Å². The van der Waals surface area contributed by atoms with Crippen molar-refractivity contribution in [2.24, 2.45) is 5.92 Å². The number of hydrogen-bond donors (Lipinski definition) is 2. The number of amides is 2. The number of nitrogens with one attached hydrogen (secondary N) is 2. The van der Waals surface area contributed by atoms with Gasteiger partial charge in [-0.2, -0.15) is 0 Å². The fourth-order valence-corrected chi connectivity index (χ4v) is 3.68. The van der Waals surface area contributed by atoms with Crippen LogP contribution in [-0.4, -0.2) is 18.4 Å². The number of anilines is 1. The van der Waals surface area contributed by atoms with Crippen LogP contribution in [-0.2, 0) is 4.79 Å². The number of aryl methyl sites for hydroxylation is 1. The van der Waals surface area contributed by atoms with Crippen molar-refractivity contribution in [1.82, 2.24) is 5.32 Å². The maximum Gasteiger partial charge on any atom is 0.262 e. The van der Waals surface area contributed by atoms with Crippen LogP contribution in [0.5, 0.6) is 5.75 Å². The first-order valence-corrected chi connectivity index (χ1v) is 9.74. The van der Waals surface area contributed by atoms with Crippen molar-refractivity contribution in [1.29, 1.82) is 0 Å². The molecule has 1 atom stereocenters. The van der Waals surface area contributed by atoms with Gasteiger partial charge in [0.15, 0.2) is 0 Å². The largest absolute Gasteiger partial charge is 0.494 e. The van der Waals surface area contributed by atoms with Crippen LogP contribution in [0.4, 0.5) is 5.00 Å². The molecule has 1 aliphatic carbocycles. The summed E-state index contributed by atoms with van der Waals surface area (Å²) in [6.07, 6.45) is 1.92. The van der Waals surface area contributed by atoms with Gasteiger partial charge < -0.3 is 15.4 Å². The summed E-state index contributed by atoms with van der Waals surface area (Å²) in [6, 6.07) is 9.47. The Kier molecular flexibility index (Phi) is 5.61. The highest BCUT2D eigenvalue weighted by atomic mass is 32.1. The summed E-state index contributed by atoms with van der Waals surface area (Å²) in [5, 5.41) is 6.67. The van der Waals surface area contributed by atoms with Gasteiger partial charge in [-0.15, -0.1) is 11.3 Å². The molecule has 138 valence electrons. The van der Waals surface area contributed by atoms with Crippen LogP contribution in [0.3, 0.4) is 0 Å². The highest BCUT2D eigenvalue weighted by Crippen LogP contribution is 2.33. The van der Waals surface area contributed by atoms with Crippen LogP contribution in [0.2, 0.25) is 0 Å². The number of carbonyl (C=O) groups is 2. The molecule has 1 aromatic heterocycles. The summed E-state index contributed by atoms with van der Waals surface area (Å²) in [4.78, 5) is 25.1. The van der Waals surface area contributed by atoms with E-state index in [0.29, 0.717) is 11.5 Å². The van der Waals surface area contributed by atoms with Crippen LogP contribution in [0, 0.1) is 12.8 Å². The standard InChI is InChI=1S/C20H24N2O3S/c1-4-25-16-9-7-14(8-10-16)13(3)21-20(24)18-12(2)11-17(26-18)22-19(23)15-5-6-15/h7-11,13,15H,4-6H2,1-3H3,(H,21,24)(H,22,23)/t13-/m1/s1. The zero-order valence-corrected chi connectivity index (χ0v) is 16.1. The summed E-state index contributed by atoms with van der Waals surface area (Å²) in [6.45, 7) is 6.41. The minimum atomic E-state index is -0.124. The Morgan fingerprint density at radius 3 is 2.58 bits per heavy atom. The average molecular weight is 372 g/mol. The second kappa shape index (κ2) is 7.91. The lowest BCUT2D eigenvalue weighted by Crippen LogP contribution is -2.26. The van der Waals surface area contributed by atoms with E-state index in [9.17, 15) is 9.59 Å². The summed E-state index contributed by atoms with van der Waals surface area (Å²) in [5.41, 5.74) is 1.88. The first kappa shape index (κ1) is 18.5. The van der Waals surface area contributed by atoms with Crippen LogP contribution in [0.15, 0.2) is 30.3 Å². The topological polar surface area (TPSA) is 67.4 Å². The summed E-state index contributed by atoms with van der Waals surface area (Å²) in [7, 11) is 0. The van der Waals surface area contributed by atoms with Crippen LogP contribution in [0.25, 0.3) is 0 Å². The smallest absolute Gasteiger partial charge is 0.262 e. The second-order valence-corrected chi connectivity index (χ2v) is 7.64. The van der Waals surface area contributed by atoms with Gasteiger partial charge in [-0.1, -0.05) is 12.1 Å². The van der Waals surface area contributed by atoms with E-state index in [-0.39, 0.29) is 23.8 Å². The monoisotopic (exact) mass is 372 g/mol. The van der Waals surface area contributed by atoms with Crippen molar-refractivity contribution in [2.75, 3.05) is 11.9 Å². The van der Waals surface area contributed by atoms with Crippen molar-refractivity contribution in [3.8, 4) is 5.75 Å².